The normalized spacial score (nSPS) is 11.4. The minimum atomic E-state index is 0.682. The summed E-state index contributed by atoms with van der Waals surface area (Å²) in [7, 11) is 1.77. The molecule has 7 nitrogen and oxygen atoms in total. The average molecular weight is 344 g/mol. The summed E-state index contributed by atoms with van der Waals surface area (Å²) >= 11 is 0. The van der Waals surface area contributed by atoms with E-state index in [4.69, 9.17) is 4.74 Å². The molecule has 1 heterocycles. The van der Waals surface area contributed by atoms with Crippen molar-refractivity contribution in [2.24, 2.45) is 4.99 Å². The van der Waals surface area contributed by atoms with E-state index in [0.717, 1.165) is 42.6 Å². The highest BCUT2D eigenvalue weighted by Gasteiger charge is 2.04. The van der Waals surface area contributed by atoms with Crippen molar-refractivity contribution in [2.75, 3.05) is 20.2 Å². The van der Waals surface area contributed by atoms with E-state index in [-0.39, 0.29) is 0 Å². The summed E-state index contributed by atoms with van der Waals surface area (Å²) < 4.78 is 7.63. The number of guanidine groups is 1. The molecule has 0 fully saturated rings. The molecule has 2 rings (SSSR count). The Morgan fingerprint density at radius 1 is 1.28 bits per heavy atom. The van der Waals surface area contributed by atoms with Crippen LogP contribution in [0, 0.1) is 6.92 Å². The molecule has 0 aliphatic rings. The van der Waals surface area contributed by atoms with E-state index in [0.29, 0.717) is 13.2 Å². The summed E-state index contributed by atoms with van der Waals surface area (Å²) in [5.74, 6) is 2.71. The number of benzene rings is 1. The van der Waals surface area contributed by atoms with Gasteiger partial charge in [0.25, 0.3) is 0 Å². The van der Waals surface area contributed by atoms with Crippen LogP contribution in [-0.4, -0.2) is 40.9 Å². The summed E-state index contributed by atoms with van der Waals surface area (Å²) in [6, 6.07) is 6.23. The van der Waals surface area contributed by atoms with E-state index in [1.807, 2.05) is 13.0 Å². The molecule has 0 unspecified atom stereocenters. The van der Waals surface area contributed by atoms with Gasteiger partial charge in [0.05, 0.1) is 6.61 Å². The predicted octanol–water partition coefficient (Wildman–Crippen LogP) is 1.91. The van der Waals surface area contributed by atoms with Crippen LogP contribution in [0.1, 0.15) is 30.8 Å². The zero-order valence-electron chi connectivity index (χ0n) is 15.5. The molecular formula is C18H28N6O. The molecule has 0 aliphatic heterocycles. The molecule has 0 saturated carbocycles. The van der Waals surface area contributed by atoms with Crippen LogP contribution in [0.15, 0.2) is 29.5 Å². The first-order chi connectivity index (χ1) is 12.2. The number of aromatic nitrogens is 3. The molecule has 0 amide bonds. The molecule has 2 aromatic rings. The molecule has 2 N–H and O–H groups in total. The van der Waals surface area contributed by atoms with E-state index in [2.05, 4.69) is 56.4 Å². The summed E-state index contributed by atoms with van der Waals surface area (Å²) in [6.45, 7) is 9.08. The third-order valence-corrected chi connectivity index (χ3v) is 3.88. The number of ether oxygens (including phenoxy) is 1. The van der Waals surface area contributed by atoms with Gasteiger partial charge in [0.2, 0.25) is 0 Å². The van der Waals surface area contributed by atoms with Crippen LogP contribution in [0.4, 0.5) is 0 Å². The Morgan fingerprint density at radius 3 is 2.80 bits per heavy atom. The highest BCUT2D eigenvalue weighted by Crippen LogP contribution is 2.18. The number of aryl methyl sites for hydroxylation is 2. The zero-order valence-corrected chi connectivity index (χ0v) is 15.5. The number of nitrogens with one attached hydrogen (secondary N) is 2. The fourth-order valence-corrected chi connectivity index (χ4v) is 2.58. The van der Waals surface area contributed by atoms with E-state index < -0.39 is 0 Å². The molecule has 0 radical (unpaired) electrons. The van der Waals surface area contributed by atoms with E-state index >= 15 is 0 Å². The van der Waals surface area contributed by atoms with Crippen molar-refractivity contribution in [1.82, 2.24) is 25.4 Å². The van der Waals surface area contributed by atoms with Crippen molar-refractivity contribution in [3.8, 4) is 5.75 Å². The van der Waals surface area contributed by atoms with Gasteiger partial charge in [-0.05, 0) is 31.0 Å². The lowest BCUT2D eigenvalue weighted by molar-refractivity contribution is 0.338. The number of hydrogen-bond donors (Lipinski definition) is 2. The predicted molar refractivity (Wildman–Crippen MR) is 99.9 cm³/mol. The standard InChI is InChI=1S/C18H28N6O/c1-5-17-23-22-13-24(17)10-9-20-18(19-4)21-12-15-7-8-16(25-6-2)14(3)11-15/h7-8,11,13H,5-6,9-10,12H2,1-4H3,(H2,19,20,21). The minimum Gasteiger partial charge on any atom is -0.494 e. The SMILES string of the molecule is CCOc1ccc(CNC(=NC)NCCn2cnnc2CC)cc1C. The molecule has 0 aliphatic carbocycles. The maximum absolute atomic E-state index is 5.58. The average Bonchev–Trinajstić information content (AvgIpc) is 3.07. The van der Waals surface area contributed by atoms with Gasteiger partial charge in [0.15, 0.2) is 5.96 Å². The number of rotatable bonds is 8. The second-order valence-electron chi connectivity index (χ2n) is 5.68. The topological polar surface area (TPSA) is 76.4 Å². The Labute approximate surface area is 149 Å². The van der Waals surface area contributed by atoms with Gasteiger partial charge in [-0.3, -0.25) is 4.99 Å². The van der Waals surface area contributed by atoms with Gasteiger partial charge in [-0.1, -0.05) is 19.1 Å². The molecule has 0 atom stereocenters. The van der Waals surface area contributed by atoms with Crippen LogP contribution in [-0.2, 0) is 19.5 Å². The smallest absolute Gasteiger partial charge is 0.191 e. The summed E-state index contributed by atoms with van der Waals surface area (Å²) in [5.41, 5.74) is 2.33. The third-order valence-electron chi connectivity index (χ3n) is 3.88. The van der Waals surface area contributed by atoms with Crippen LogP contribution < -0.4 is 15.4 Å². The van der Waals surface area contributed by atoms with Gasteiger partial charge in [-0.2, -0.15) is 0 Å². The fourth-order valence-electron chi connectivity index (χ4n) is 2.58. The Balaban J connectivity index is 1.81. The monoisotopic (exact) mass is 344 g/mol. The van der Waals surface area contributed by atoms with Crippen molar-refractivity contribution in [1.29, 1.82) is 0 Å². The maximum Gasteiger partial charge on any atom is 0.191 e. The lowest BCUT2D eigenvalue weighted by Gasteiger charge is -2.14. The highest BCUT2D eigenvalue weighted by atomic mass is 16.5. The molecule has 0 bridgehead atoms. The highest BCUT2D eigenvalue weighted by molar-refractivity contribution is 5.79. The van der Waals surface area contributed by atoms with Gasteiger partial charge < -0.3 is 19.9 Å². The largest absolute Gasteiger partial charge is 0.494 e. The van der Waals surface area contributed by atoms with Crippen molar-refractivity contribution in [3.63, 3.8) is 0 Å². The van der Waals surface area contributed by atoms with Crippen LogP contribution in [0.3, 0.4) is 0 Å². The van der Waals surface area contributed by atoms with Crippen molar-refractivity contribution >= 4 is 5.96 Å². The zero-order chi connectivity index (χ0) is 18.1. The second-order valence-corrected chi connectivity index (χ2v) is 5.68. The van der Waals surface area contributed by atoms with Gasteiger partial charge >= 0.3 is 0 Å². The molecule has 0 spiro atoms. The lowest BCUT2D eigenvalue weighted by Crippen LogP contribution is -2.38. The molecule has 1 aromatic carbocycles. The molecule has 1 aromatic heterocycles. The lowest BCUT2D eigenvalue weighted by atomic mass is 10.1. The van der Waals surface area contributed by atoms with E-state index in [9.17, 15) is 0 Å². The number of nitrogens with zero attached hydrogens (tertiary/aromatic N) is 4. The quantitative estimate of drug-likeness (QED) is 0.565. The third kappa shape index (κ3) is 5.48. The Hall–Kier alpha value is -2.57. The first-order valence-electron chi connectivity index (χ1n) is 8.71. The number of aliphatic imine (C=N–C) groups is 1. The molecule has 7 heteroatoms. The van der Waals surface area contributed by atoms with E-state index in [1.165, 1.54) is 5.56 Å². The fraction of sp³-hybridized carbons (Fsp3) is 0.500. The first-order valence-corrected chi connectivity index (χ1v) is 8.71. The molecule has 25 heavy (non-hydrogen) atoms. The van der Waals surface area contributed by atoms with Crippen molar-refractivity contribution in [3.05, 3.63) is 41.5 Å². The molecule has 0 saturated heterocycles. The van der Waals surface area contributed by atoms with Gasteiger partial charge in [0, 0.05) is 33.1 Å². The van der Waals surface area contributed by atoms with E-state index in [1.54, 1.807) is 13.4 Å². The Morgan fingerprint density at radius 2 is 2.12 bits per heavy atom. The first kappa shape index (κ1) is 18.8. The summed E-state index contributed by atoms with van der Waals surface area (Å²) in [6.07, 6.45) is 2.64. The maximum atomic E-state index is 5.58. The minimum absolute atomic E-state index is 0.682. The van der Waals surface area contributed by atoms with Crippen LogP contribution in [0.25, 0.3) is 0 Å². The summed E-state index contributed by atoms with van der Waals surface area (Å²) in [4.78, 5) is 4.26. The Bertz CT molecular complexity index is 695. The van der Waals surface area contributed by atoms with Crippen LogP contribution >= 0.6 is 0 Å². The van der Waals surface area contributed by atoms with Crippen LogP contribution in [0.5, 0.6) is 5.75 Å². The number of hydrogen-bond acceptors (Lipinski definition) is 4. The second kappa shape index (κ2) is 9.66. The van der Waals surface area contributed by atoms with Gasteiger partial charge in [-0.15, -0.1) is 10.2 Å². The summed E-state index contributed by atoms with van der Waals surface area (Å²) in [5, 5.41) is 14.7. The van der Waals surface area contributed by atoms with Gasteiger partial charge in [-0.25, -0.2) is 0 Å². The van der Waals surface area contributed by atoms with Crippen molar-refractivity contribution < 1.29 is 4.74 Å². The van der Waals surface area contributed by atoms with Crippen LogP contribution in [0.2, 0.25) is 0 Å². The molecular weight excluding hydrogens is 316 g/mol. The molecule has 136 valence electrons. The van der Waals surface area contributed by atoms with Gasteiger partial charge in [0.1, 0.15) is 17.9 Å². The Kier molecular flexibility index (Phi) is 7.25. The van der Waals surface area contributed by atoms with Crippen molar-refractivity contribution in [2.45, 2.75) is 40.3 Å².